The van der Waals surface area contributed by atoms with Gasteiger partial charge in [0.05, 0.1) is 5.56 Å². The minimum Gasteiger partial charge on any atom is -0.381 e. The molecule has 1 saturated carbocycles. The third kappa shape index (κ3) is 4.69. The molecule has 2 amide bonds. The summed E-state index contributed by atoms with van der Waals surface area (Å²) < 4.78 is 44.3. The maximum atomic E-state index is 13.0. The van der Waals surface area contributed by atoms with E-state index in [0.717, 1.165) is 36.8 Å². The maximum absolute atomic E-state index is 13.0. The van der Waals surface area contributed by atoms with Crippen LogP contribution in [0.1, 0.15) is 47.7 Å². The Morgan fingerprint density at radius 1 is 1.24 bits per heavy atom. The van der Waals surface area contributed by atoms with Gasteiger partial charge in [-0.1, -0.05) is 29.5 Å². The van der Waals surface area contributed by atoms with Gasteiger partial charge in [-0.25, -0.2) is 4.79 Å². The van der Waals surface area contributed by atoms with Gasteiger partial charge in [0.1, 0.15) is 5.01 Å². The van der Waals surface area contributed by atoms with Gasteiger partial charge >= 0.3 is 12.2 Å². The summed E-state index contributed by atoms with van der Waals surface area (Å²) in [4.78, 5) is 12.2. The van der Waals surface area contributed by atoms with E-state index in [-0.39, 0.29) is 6.54 Å². The van der Waals surface area contributed by atoms with E-state index in [0.29, 0.717) is 29.8 Å². The van der Waals surface area contributed by atoms with E-state index < -0.39 is 23.2 Å². The third-order valence-corrected chi connectivity index (χ3v) is 6.48. The van der Waals surface area contributed by atoms with Crippen LogP contribution in [-0.4, -0.2) is 36.0 Å². The quantitative estimate of drug-likeness (QED) is 0.747. The molecule has 29 heavy (non-hydrogen) atoms. The van der Waals surface area contributed by atoms with Crippen LogP contribution in [-0.2, 0) is 16.3 Å². The number of hydrogen-bond acceptors (Lipinski definition) is 5. The lowest BCUT2D eigenvalue weighted by Crippen LogP contribution is -2.35. The molecule has 6 nitrogen and oxygen atoms in total. The van der Waals surface area contributed by atoms with E-state index in [1.165, 1.54) is 23.5 Å². The molecule has 2 heterocycles. The smallest absolute Gasteiger partial charge is 0.381 e. The first-order valence-electron chi connectivity index (χ1n) is 9.49. The molecule has 1 aromatic heterocycles. The van der Waals surface area contributed by atoms with Crippen molar-refractivity contribution in [2.45, 2.75) is 43.2 Å². The van der Waals surface area contributed by atoms with Crippen LogP contribution in [0.5, 0.6) is 0 Å². The average Bonchev–Trinajstić information content (AvgIpc) is 3.37. The lowest BCUT2D eigenvalue weighted by atomic mass is 9.94. The number of anilines is 1. The number of halogens is 3. The van der Waals surface area contributed by atoms with E-state index in [1.807, 2.05) is 0 Å². The predicted octanol–water partition coefficient (Wildman–Crippen LogP) is 4.30. The van der Waals surface area contributed by atoms with Gasteiger partial charge in [-0.3, -0.25) is 5.32 Å². The van der Waals surface area contributed by atoms with Gasteiger partial charge in [-0.05, 0) is 37.3 Å². The van der Waals surface area contributed by atoms with Gasteiger partial charge in [-0.15, -0.1) is 10.2 Å². The number of nitrogens with zero attached hydrogens (tertiary/aromatic N) is 2. The summed E-state index contributed by atoms with van der Waals surface area (Å²) in [5.74, 6) is 0.301. The Balaban J connectivity index is 1.33. The number of nitrogens with one attached hydrogen (secondary N) is 2. The molecule has 2 fully saturated rings. The van der Waals surface area contributed by atoms with Crippen LogP contribution in [0.3, 0.4) is 0 Å². The highest BCUT2D eigenvalue weighted by molar-refractivity contribution is 7.15. The molecule has 2 N–H and O–H groups in total. The first-order valence-corrected chi connectivity index (χ1v) is 10.3. The van der Waals surface area contributed by atoms with Crippen LogP contribution >= 0.6 is 11.3 Å². The second-order valence-corrected chi connectivity index (χ2v) is 8.51. The fourth-order valence-corrected chi connectivity index (χ4v) is 4.44. The third-order valence-electron chi connectivity index (χ3n) is 5.47. The number of benzene rings is 1. The van der Waals surface area contributed by atoms with Gasteiger partial charge in [0.25, 0.3) is 0 Å². The lowest BCUT2D eigenvalue weighted by Gasteiger charge is -2.19. The molecule has 0 spiro atoms. The molecule has 4 rings (SSSR count). The number of amides is 2. The highest BCUT2D eigenvalue weighted by Gasteiger charge is 2.45. The SMILES string of the molecule is O=C(NCC1(c2cccc(C(F)(F)F)c2)CC1)Nc1nnc(C2CCOCC2)s1. The molecule has 156 valence electrons. The van der Waals surface area contributed by atoms with Gasteiger partial charge in [0, 0.05) is 31.1 Å². The number of hydrogen-bond donors (Lipinski definition) is 2. The van der Waals surface area contributed by atoms with Crippen LogP contribution in [0, 0.1) is 0 Å². The largest absolute Gasteiger partial charge is 0.416 e. The van der Waals surface area contributed by atoms with Crippen molar-refractivity contribution in [1.29, 1.82) is 0 Å². The summed E-state index contributed by atoms with van der Waals surface area (Å²) in [5.41, 5.74) is -0.502. The van der Waals surface area contributed by atoms with Crippen molar-refractivity contribution >= 4 is 22.5 Å². The van der Waals surface area contributed by atoms with Gasteiger partial charge < -0.3 is 10.1 Å². The van der Waals surface area contributed by atoms with E-state index in [1.54, 1.807) is 6.07 Å². The minimum absolute atomic E-state index is 0.270. The van der Waals surface area contributed by atoms with Crippen molar-refractivity contribution < 1.29 is 22.7 Å². The topological polar surface area (TPSA) is 76.1 Å². The summed E-state index contributed by atoms with van der Waals surface area (Å²) in [6.07, 6.45) is -1.12. The Kier molecular flexibility index (Phi) is 5.48. The van der Waals surface area contributed by atoms with Crippen LogP contribution in [0.25, 0.3) is 0 Å². The lowest BCUT2D eigenvalue weighted by molar-refractivity contribution is -0.137. The van der Waals surface area contributed by atoms with E-state index in [9.17, 15) is 18.0 Å². The highest BCUT2D eigenvalue weighted by atomic mass is 32.1. The van der Waals surface area contributed by atoms with E-state index in [4.69, 9.17) is 4.74 Å². The number of urea groups is 1. The zero-order valence-electron chi connectivity index (χ0n) is 15.6. The van der Waals surface area contributed by atoms with E-state index >= 15 is 0 Å². The molecule has 1 aliphatic heterocycles. The van der Waals surface area contributed by atoms with Crippen molar-refractivity contribution in [3.63, 3.8) is 0 Å². The fourth-order valence-electron chi connectivity index (χ4n) is 3.53. The Bertz CT molecular complexity index is 876. The number of rotatable bonds is 5. The zero-order chi connectivity index (χ0) is 20.5. The predicted molar refractivity (Wildman–Crippen MR) is 102 cm³/mol. The standard InChI is InChI=1S/C19H21F3N4O2S/c20-19(21,22)14-3-1-2-13(10-14)18(6-7-18)11-23-16(27)24-17-26-25-15(29-17)12-4-8-28-9-5-12/h1-3,10,12H,4-9,11H2,(H2,23,24,26,27). The van der Waals surface area contributed by atoms with Crippen molar-refractivity contribution in [3.8, 4) is 0 Å². The molecule has 0 bridgehead atoms. The van der Waals surface area contributed by atoms with Crippen LogP contribution in [0.15, 0.2) is 24.3 Å². The Morgan fingerprint density at radius 2 is 2.00 bits per heavy atom. The normalized spacial score (nSPS) is 19.0. The van der Waals surface area contributed by atoms with Crippen molar-refractivity contribution in [1.82, 2.24) is 15.5 Å². The monoisotopic (exact) mass is 426 g/mol. The summed E-state index contributed by atoms with van der Waals surface area (Å²) in [6, 6.07) is 4.91. The minimum atomic E-state index is -4.38. The van der Waals surface area contributed by atoms with E-state index in [2.05, 4.69) is 20.8 Å². The molecular formula is C19H21F3N4O2S. The maximum Gasteiger partial charge on any atom is 0.416 e. The molecule has 0 atom stereocenters. The zero-order valence-corrected chi connectivity index (χ0v) is 16.4. The van der Waals surface area contributed by atoms with Crippen molar-refractivity contribution in [2.75, 3.05) is 25.1 Å². The molecule has 2 aliphatic rings. The molecule has 10 heteroatoms. The summed E-state index contributed by atoms with van der Waals surface area (Å²) in [5, 5.41) is 14.9. The first-order chi connectivity index (χ1) is 13.9. The summed E-state index contributed by atoms with van der Waals surface area (Å²) >= 11 is 1.34. The fraction of sp³-hybridized carbons (Fsp3) is 0.526. The number of alkyl halides is 3. The average molecular weight is 426 g/mol. The van der Waals surface area contributed by atoms with Crippen LogP contribution in [0.2, 0.25) is 0 Å². The first kappa shape index (κ1) is 20.1. The number of carbonyl (C=O) groups excluding carboxylic acids is 1. The Morgan fingerprint density at radius 3 is 2.69 bits per heavy atom. The van der Waals surface area contributed by atoms with Gasteiger partial charge in [0.2, 0.25) is 5.13 Å². The second kappa shape index (κ2) is 7.91. The highest BCUT2D eigenvalue weighted by Crippen LogP contribution is 2.48. The van der Waals surface area contributed by atoms with Gasteiger partial charge in [-0.2, -0.15) is 13.2 Å². The second-order valence-electron chi connectivity index (χ2n) is 7.50. The molecule has 1 saturated heterocycles. The number of ether oxygens (including phenoxy) is 1. The molecule has 2 aromatic rings. The van der Waals surface area contributed by atoms with Gasteiger partial charge in [0.15, 0.2) is 0 Å². The molecule has 0 unspecified atom stereocenters. The van der Waals surface area contributed by atoms with Crippen molar-refractivity contribution in [3.05, 3.63) is 40.4 Å². The molecule has 1 aromatic carbocycles. The Hall–Kier alpha value is -2.20. The summed E-state index contributed by atoms with van der Waals surface area (Å²) in [6.45, 7) is 1.67. The molecule has 0 radical (unpaired) electrons. The van der Waals surface area contributed by atoms with Crippen LogP contribution < -0.4 is 10.6 Å². The number of carbonyl (C=O) groups is 1. The Labute approximate surface area is 169 Å². The molecular weight excluding hydrogens is 405 g/mol. The van der Waals surface area contributed by atoms with Crippen LogP contribution in [0.4, 0.5) is 23.1 Å². The molecule has 1 aliphatic carbocycles. The number of aromatic nitrogens is 2. The van der Waals surface area contributed by atoms with Crippen molar-refractivity contribution in [2.24, 2.45) is 0 Å². The summed E-state index contributed by atoms with van der Waals surface area (Å²) in [7, 11) is 0.